The number of hydroxylamine groups is 2. The Hall–Kier alpha value is -0.900. The van der Waals surface area contributed by atoms with Crippen LogP contribution in [0, 0.1) is 5.92 Å². The van der Waals surface area contributed by atoms with Crippen molar-refractivity contribution in [2.45, 2.75) is 46.1 Å². The van der Waals surface area contributed by atoms with Crippen LogP contribution in [0.4, 0.5) is 0 Å². The van der Waals surface area contributed by atoms with Crippen molar-refractivity contribution in [1.29, 1.82) is 0 Å². The summed E-state index contributed by atoms with van der Waals surface area (Å²) in [7, 11) is 0. The zero-order valence-electron chi connectivity index (χ0n) is 8.95. The summed E-state index contributed by atoms with van der Waals surface area (Å²) in [5, 5.41) is 0.927. The monoisotopic (exact) mass is 199 g/mol. The Balaban J connectivity index is 2.50. The molecule has 2 atom stereocenters. The number of hydrogen-bond acceptors (Lipinski definition) is 3. The molecular formula is C10H17NO3. The first kappa shape index (κ1) is 11.2. The molecule has 1 unspecified atom stereocenters. The van der Waals surface area contributed by atoms with Gasteiger partial charge in [0.05, 0.1) is 6.10 Å². The van der Waals surface area contributed by atoms with E-state index in [1.165, 1.54) is 0 Å². The molecule has 0 aromatic rings. The summed E-state index contributed by atoms with van der Waals surface area (Å²) < 4.78 is 0. The van der Waals surface area contributed by atoms with E-state index in [-0.39, 0.29) is 30.8 Å². The minimum absolute atomic E-state index is 0.0917. The molecule has 0 aromatic heterocycles. The van der Waals surface area contributed by atoms with Crippen molar-refractivity contribution >= 4 is 11.8 Å². The van der Waals surface area contributed by atoms with Crippen molar-refractivity contribution in [3.05, 3.63) is 0 Å². The van der Waals surface area contributed by atoms with E-state index in [9.17, 15) is 9.59 Å². The quantitative estimate of drug-likeness (QED) is 0.644. The largest absolute Gasteiger partial charge is 0.272 e. The Kier molecular flexibility index (Phi) is 3.63. The fourth-order valence-corrected chi connectivity index (χ4v) is 1.28. The van der Waals surface area contributed by atoms with Gasteiger partial charge in [0.1, 0.15) is 0 Å². The maximum Gasteiger partial charge on any atom is 0.254 e. The van der Waals surface area contributed by atoms with E-state index in [1.807, 2.05) is 13.8 Å². The predicted molar refractivity (Wildman–Crippen MR) is 51.1 cm³/mol. The van der Waals surface area contributed by atoms with Gasteiger partial charge in [-0.2, -0.15) is 5.06 Å². The molecular weight excluding hydrogens is 182 g/mol. The Morgan fingerprint density at radius 1 is 1.29 bits per heavy atom. The third-order valence-corrected chi connectivity index (χ3v) is 2.72. The van der Waals surface area contributed by atoms with Crippen LogP contribution in [0.2, 0.25) is 0 Å². The van der Waals surface area contributed by atoms with Crippen molar-refractivity contribution in [2.75, 3.05) is 0 Å². The van der Waals surface area contributed by atoms with Crippen LogP contribution in [0.5, 0.6) is 0 Å². The van der Waals surface area contributed by atoms with Crippen LogP contribution in [0.15, 0.2) is 0 Å². The molecule has 80 valence electrons. The van der Waals surface area contributed by atoms with Crippen LogP contribution in [0.1, 0.15) is 40.0 Å². The number of carbonyl (C=O) groups is 2. The highest BCUT2D eigenvalue weighted by molar-refractivity contribution is 6.00. The molecule has 0 bridgehead atoms. The maximum absolute atomic E-state index is 11.2. The van der Waals surface area contributed by atoms with E-state index >= 15 is 0 Å². The lowest BCUT2D eigenvalue weighted by molar-refractivity contribution is -0.206. The number of amides is 2. The van der Waals surface area contributed by atoms with Gasteiger partial charge in [-0.1, -0.05) is 20.3 Å². The van der Waals surface area contributed by atoms with Gasteiger partial charge in [0.2, 0.25) is 0 Å². The predicted octanol–water partition coefficient (Wildman–Crippen LogP) is 1.50. The lowest BCUT2D eigenvalue weighted by atomic mass is 10.0. The number of imide groups is 1. The Labute approximate surface area is 84.2 Å². The minimum atomic E-state index is -0.217. The zero-order chi connectivity index (χ0) is 10.7. The summed E-state index contributed by atoms with van der Waals surface area (Å²) >= 11 is 0. The number of carbonyl (C=O) groups excluding carboxylic acids is 2. The molecule has 0 spiro atoms. The van der Waals surface area contributed by atoms with Crippen LogP contribution >= 0.6 is 0 Å². The maximum atomic E-state index is 11.2. The average molecular weight is 199 g/mol. The normalized spacial score (nSPS) is 21.5. The van der Waals surface area contributed by atoms with Gasteiger partial charge < -0.3 is 0 Å². The summed E-state index contributed by atoms with van der Waals surface area (Å²) in [6.07, 6.45) is 1.45. The van der Waals surface area contributed by atoms with Gasteiger partial charge >= 0.3 is 0 Å². The summed E-state index contributed by atoms with van der Waals surface area (Å²) in [4.78, 5) is 27.7. The van der Waals surface area contributed by atoms with Crippen molar-refractivity contribution in [3.8, 4) is 0 Å². The molecule has 1 aliphatic heterocycles. The van der Waals surface area contributed by atoms with Crippen LogP contribution in [0.25, 0.3) is 0 Å². The van der Waals surface area contributed by atoms with E-state index in [0.29, 0.717) is 5.92 Å². The van der Waals surface area contributed by atoms with Crippen LogP contribution in [0.3, 0.4) is 0 Å². The first-order chi connectivity index (χ1) is 6.56. The number of hydrogen-bond donors (Lipinski definition) is 0. The molecule has 1 fully saturated rings. The van der Waals surface area contributed by atoms with E-state index in [0.717, 1.165) is 11.5 Å². The lowest BCUT2D eigenvalue weighted by Crippen LogP contribution is -2.35. The standard InChI is InChI=1S/C10H17NO3/c1-4-7(2)8(3)14-11-9(12)5-6-10(11)13/h7-8H,4-6H2,1-3H3/t7-,8?/m0/s1. The topological polar surface area (TPSA) is 46.6 Å². The first-order valence-corrected chi connectivity index (χ1v) is 5.08. The molecule has 1 rings (SSSR count). The van der Waals surface area contributed by atoms with E-state index in [1.54, 1.807) is 0 Å². The molecule has 0 aromatic carbocycles. The highest BCUT2D eigenvalue weighted by Gasteiger charge is 2.32. The van der Waals surface area contributed by atoms with Gasteiger partial charge in [-0.15, -0.1) is 0 Å². The van der Waals surface area contributed by atoms with Crippen molar-refractivity contribution in [3.63, 3.8) is 0 Å². The first-order valence-electron chi connectivity index (χ1n) is 5.08. The third kappa shape index (κ3) is 2.32. The highest BCUT2D eigenvalue weighted by Crippen LogP contribution is 2.18. The fraction of sp³-hybridized carbons (Fsp3) is 0.800. The van der Waals surface area contributed by atoms with Crippen molar-refractivity contribution in [1.82, 2.24) is 5.06 Å². The van der Waals surface area contributed by atoms with E-state index in [4.69, 9.17) is 4.84 Å². The Morgan fingerprint density at radius 3 is 2.21 bits per heavy atom. The molecule has 4 nitrogen and oxygen atoms in total. The molecule has 1 aliphatic rings. The molecule has 14 heavy (non-hydrogen) atoms. The zero-order valence-corrected chi connectivity index (χ0v) is 8.95. The van der Waals surface area contributed by atoms with Crippen LogP contribution in [-0.2, 0) is 14.4 Å². The highest BCUT2D eigenvalue weighted by atomic mass is 16.7. The number of rotatable bonds is 4. The van der Waals surface area contributed by atoms with E-state index < -0.39 is 0 Å². The second-order valence-electron chi connectivity index (χ2n) is 3.78. The molecule has 0 aliphatic carbocycles. The molecule has 0 saturated carbocycles. The number of nitrogens with zero attached hydrogens (tertiary/aromatic N) is 1. The second kappa shape index (κ2) is 4.55. The summed E-state index contributed by atoms with van der Waals surface area (Å²) in [5.74, 6) is -0.0912. The SMILES string of the molecule is CC[C@H](C)C(C)ON1C(=O)CCC1=O. The minimum Gasteiger partial charge on any atom is -0.272 e. The summed E-state index contributed by atoms with van der Waals surface area (Å²) in [6.45, 7) is 5.97. The lowest BCUT2D eigenvalue weighted by Gasteiger charge is -2.23. The van der Waals surface area contributed by atoms with Crippen LogP contribution < -0.4 is 0 Å². The van der Waals surface area contributed by atoms with Gasteiger partial charge in [0.15, 0.2) is 0 Å². The molecule has 1 saturated heterocycles. The Bertz CT molecular complexity index is 224. The van der Waals surface area contributed by atoms with Crippen molar-refractivity contribution < 1.29 is 14.4 Å². The molecule has 0 N–H and O–H groups in total. The summed E-state index contributed by atoms with van der Waals surface area (Å²) in [5.41, 5.74) is 0. The smallest absolute Gasteiger partial charge is 0.254 e. The molecule has 4 heteroatoms. The third-order valence-electron chi connectivity index (χ3n) is 2.72. The van der Waals surface area contributed by atoms with Gasteiger partial charge in [0, 0.05) is 12.8 Å². The van der Waals surface area contributed by atoms with Gasteiger partial charge in [-0.25, -0.2) is 0 Å². The second-order valence-corrected chi connectivity index (χ2v) is 3.78. The van der Waals surface area contributed by atoms with Gasteiger partial charge in [-0.3, -0.25) is 14.4 Å². The average Bonchev–Trinajstić information content (AvgIpc) is 2.48. The summed E-state index contributed by atoms with van der Waals surface area (Å²) in [6, 6.07) is 0. The Morgan fingerprint density at radius 2 is 1.79 bits per heavy atom. The molecule has 0 radical (unpaired) electrons. The molecule has 2 amide bonds. The van der Waals surface area contributed by atoms with E-state index in [2.05, 4.69) is 6.92 Å². The van der Waals surface area contributed by atoms with Gasteiger partial charge in [-0.05, 0) is 12.8 Å². The van der Waals surface area contributed by atoms with Gasteiger partial charge in [0.25, 0.3) is 11.8 Å². The van der Waals surface area contributed by atoms with Crippen LogP contribution in [-0.4, -0.2) is 23.0 Å². The van der Waals surface area contributed by atoms with Crippen molar-refractivity contribution in [2.24, 2.45) is 5.92 Å². The molecule has 1 heterocycles. The fourth-order valence-electron chi connectivity index (χ4n) is 1.28.